The minimum Gasteiger partial charge on any atom is -0.456 e. The molecule has 3 heteroatoms. The summed E-state index contributed by atoms with van der Waals surface area (Å²) in [7, 11) is 0. The number of nitrogens with zero attached hydrogens (tertiary/aromatic N) is 1. The molecular formula is C18H18N2O. The summed E-state index contributed by atoms with van der Waals surface area (Å²) in [6, 6.07) is 18.2. The van der Waals surface area contributed by atoms with Crippen LogP contribution in [0.1, 0.15) is 12.5 Å². The van der Waals surface area contributed by atoms with Crippen molar-refractivity contribution in [1.29, 1.82) is 0 Å². The summed E-state index contributed by atoms with van der Waals surface area (Å²) in [4.78, 5) is 4.40. The number of para-hydroxylation sites is 1. The van der Waals surface area contributed by atoms with Gasteiger partial charge in [-0.2, -0.15) is 0 Å². The third kappa shape index (κ3) is 3.38. The monoisotopic (exact) mass is 278 g/mol. The molecule has 0 saturated carbocycles. The van der Waals surface area contributed by atoms with Crippen LogP contribution in [0.3, 0.4) is 0 Å². The van der Waals surface area contributed by atoms with Gasteiger partial charge in [0.1, 0.15) is 11.5 Å². The van der Waals surface area contributed by atoms with E-state index in [9.17, 15) is 0 Å². The van der Waals surface area contributed by atoms with E-state index in [4.69, 9.17) is 4.74 Å². The first kappa shape index (κ1) is 13.6. The molecule has 1 N–H and O–H groups in total. The topological polar surface area (TPSA) is 34.1 Å². The second kappa shape index (κ2) is 6.37. The Hall–Kier alpha value is -2.39. The number of hydrogen-bond acceptors (Lipinski definition) is 3. The minimum atomic E-state index is 0.758. The first-order chi connectivity index (χ1) is 10.3. The molecule has 0 aliphatic heterocycles. The van der Waals surface area contributed by atoms with Gasteiger partial charge in [-0.25, -0.2) is 0 Å². The number of nitrogens with one attached hydrogen (secondary N) is 1. The van der Waals surface area contributed by atoms with Gasteiger partial charge in [-0.05, 0) is 36.4 Å². The van der Waals surface area contributed by atoms with Crippen LogP contribution >= 0.6 is 0 Å². The first-order valence-corrected chi connectivity index (χ1v) is 7.17. The fraction of sp³-hybridized carbons (Fsp3) is 0.167. The number of rotatable bonds is 5. The Morgan fingerprint density at radius 1 is 1.00 bits per heavy atom. The van der Waals surface area contributed by atoms with E-state index < -0.39 is 0 Å². The summed E-state index contributed by atoms with van der Waals surface area (Å²) >= 11 is 0. The molecule has 3 rings (SSSR count). The highest BCUT2D eigenvalue weighted by Crippen LogP contribution is 2.24. The second-order valence-electron chi connectivity index (χ2n) is 4.89. The molecule has 0 radical (unpaired) electrons. The maximum atomic E-state index is 5.86. The molecule has 0 fully saturated rings. The molecule has 3 nitrogen and oxygen atoms in total. The fourth-order valence-electron chi connectivity index (χ4n) is 2.19. The third-order valence-electron chi connectivity index (χ3n) is 3.30. The highest BCUT2D eigenvalue weighted by Gasteiger charge is 2.01. The van der Waals surface area contributed by atoms with Gasteiger partial charge in [0.15, 0.2) is 0 Å². The maximum absolute atomic E-state index is 5.86. The molecule has 0 aliphatic carbocycles. The van der Waals surface area contributed by atoms with Crippen LogP contribution in [0.2, 0.25) is 0 Å². The first-order valence-electron chi connectivity index (χ1n) is 7.17. The zero-order valence-corrected chi connectivity index (χ0v) is 12.0. The van der Waals surface area contributed by atoms with E-state index in [0.29, 0.717) is 0 Å². The Morgan fingerprint density at radius 3 is 2.62 bits per heavy atom. The molecular weight excluding hydrogens is 260 g/mol. The van der Waals surface area contributed by atoms with Crippen LogP contribution in [0.15, 0.2) is 60.8 Å². The van der Waals surface area contributed by atoms with E-state index >= 15 is 0 Å². The zero-order valence-electron chi connectivity index (χ0n) is 12.0. The molecule has 0 atom stereocenters. The van der Waals surface area contributed by atoms with Crippen molar-refractivity contribution in [2.24, 2.45) is 0 Å². The number of benzene rings is 2. The quantitative estimate of drug-likeness (QED) is 0.761. The molecule has 0 spiro atoms. The van der Waals surface area contributed by atoms with E-state index in [1.54, 1.807) is 6.20 Å². The van der Waals surface area contributed by atoms with Crippen molar-refractivity contribution in [1.82, 2.24) is 10.3 Å². The molecule has 2 aromatic carbocycles. The molecule has 1 aromatic heterocycles. The van der Waals surface area contributed by atoms with Crippen LogP contribution in [-0.4, -0.2) is 11.5 Å². The molecule has 0 unspecified atom stereocenters. The number of pyridine rings is 1. The van der Waals surface area contributed by atoms with Crippen molar-refractivity contribution in [3.8, 4) is 11.5 Å². The van der Waals surface area contributed by atoms with Crippen LogP contribution in [0, 0.1) is 0 Å². The Morgan fingerprint density at radius 2 is 1.81 bits per heavy atom. The predicted octanol–water partition coefficient (Wildman–Crippen LogP) is 4.14. The van der Waals surface area contributed by atoms with E-state index in [2.05, 4.69) is 29.4 Å². The van der Waals surface area contributed by atoms with Gasteiger partial charge < -0.3 is 10.1 Å². The van der Waals surface area contributed by atoms with Crippen molar-refractivity contribution < 1.29 is 4.74 Å². The average molecular weight is 278 g/mol. The Kier molecular flexibility index (Phi) is 4.12. The lowest BCUT2D eigenvalue weighted by Crippen LogP contribution is -2.11. The molecule has 0 saturated heterocycles. The molecule has 3 aromatic rings. The van der Waals surface area contributed by atoms with Gasteiger partial charge in [0.2, 0.25) is 0 Å². The van der Waals surface area contributed by atoms with E-state index in [0.717, 1.165) is 35.5 Å². The molecule has 106 valence electrons. The average Bonchev–Trinajstić information content (AvgIpc) is 2.54. The van der Waals surface area contributed by atoms with Gasteiger partial charge in [-0.1, -0.05) is 37.3 Å². The SMILES string of the molecule is CCNCc1ccc(Oc2cnc3ccccc3c2)cc1. The van der Waals surface area contributed by atoms with Crippen molar-refractivity contribution in [3.63, 3.8) is 0 Å². The van der Waals surface area contributed by atoms with Gasteiger partial charge in [-0.3, -0.25) is 4.98 Å². The van der Waals surface area contributed by atoms with Crippen LogP contribution in [-0.2, 0) is 6.54 Å². The van der Waals surface area contributed by atoms with Crippen LogP contribution in [0.4, 0.5) is 0 Å². The van der Waals surface area contributed by atoms with E-state index in [1.165, 1.54) is 5.56 Å². The van der Waals surface area contributed by atoms with Crippen molar-refractivity contribution in [2.75, 3.05) is 6.54 Å². The lowest BCUT2D eigenvalue weighted by molar-refractivity contribution is 0.481. The third-order valence-corrected chi connectivity index (χ3v) is 3.30. The zero-order chi connectivity index (χ0) is 14.5. The van der Waals surface area contributed by atoms with Crippen LogP contribution < -0.4 is 10.1 Å². The van der Waals surface area contributed by atoms with Crippen molar-refractivity contribution in [2.45, 2.75) is 13.5 Å². The largest absolute Gasteiger partial charge is 0.456 e. The Balaban J connectivity index is 1.75. The summed E-state index contributed by atoms with van der Waals surface area (Å²) in [5.74, 6) is 1.58. The highest BCUT2D eigenvalue weighted by molar-refractivity contribution is 5.79. The second-order valence-corrected chi connectivity index (χ2v) is 4.89. The highest BCUT2D eigenvalue weighted by atomic mass is 16.5. The summed E-state index contributed by atoms with van der Waals surface area (Å²) in [5, 5.41) is 4.39. The summed E-state index contributed by atoms with van der Waals surface area (Å²) in [6.07, 6.45) is 1.76. The predicted molar refractivity (Wildman–Crippen MR) is 85.6 cm³/mol. The summed E-state index contributed by atoms with van der Waals surface area (Å²) < 4.78 is 5.86. The number of aromatic nitrogens is 1. The van der Waals surface area contributed by atoms with E-state index in [1.807, 2.05) is 42.5 Å². The molecule has 1 heterocycles. The molecule has 21 heavy (non-hydrogen) atoms. The number of ether oxygens (including phenoxy) is 1. The van der Waals surface area contributed by atoms with Crippen molar-refractivity contribution in [3.05, 3.63) is 66.4 Å². The smallest absolute Gasteiger partial charge is 0.146 e. The lowest BCUT2D eigenvalue weighted by Gasteiger charge is -2.08. The van der Waals surface area contributed by atoms with E-state index in [-0.39, 0.29) is 0 Å². The molecule has 0 amide bonds. The minimum absolute atomic E-state index is 0.758. The van der Waals surface area contributed by atoms with Gasteiger partial charge in [0.05, 0.1) is 11.7 Å². The number of fused-ring (bicyclic) bond motifs is 1. The van der Waals surface area contributed by atoms with Crippen LogP contribution in [0.25, 0.3) is 10.9 Å². The normalized spacial score (nSPS) is 10.7. The lowest BCUT2D eigenvalue weighted by atomic mass is 10.2. The Labute approximate surface area is 124 Å². The summed E-state index contributed by atoms with van der Waals surface area (Å²) in [6.45, 7) is 3.96. The van der Waals surface area contributed by atoms with Gasteiger partial charge in [0, 0.05) is 11.9 Å². The Bertz CT molecular complexity index is 723. The van der Waals surface area contributed by atoms with Gasteiger partial charge >= 0.3 is 0 Å². The molecule has 0 bridgehead atoms. The van der Waals surface area contributed by atoms with Crippen molar-refractivity contribution >= 4 is 10.9 Å². The standard InChI is InChI=1S/C18H18N2O/c1-2-19-12-14-7-9-16(10-8-14)21-17-11-15-5-3-4-6-18(15)20-13-17/h3-11,13,19H,2,12H2,1H3. The van der Waals surface area contributed by atoms with Crippen LogP contribution in [0.5, 0.6) is 11.5 Å². The fourth-order valence-corrected chi connectivity index (χ4v) is 2.19. The summed E-state index contributed by atoms with van der Waals surface area (Å²) in [5.41, 5.74) is 2.23. The number of hydrogen-bond donors (Lipinski definition) is 1. The molecule has 0 aliphatic rings. The van der Waals surface area contributed by atoms with Gasteiger partial charge in [-0.15, -0.1) is 0 Å². The van der Waals surface area contributed by atoms with Gasteiger partial charge in [0.25, 0.3) is 0 Å². The maximum Gasteiger partial charge on any atom is 0.146 e.